The largest absolute Gasteiger partial charge is 0.416 e. The molecule has 5 rings (SSSR count). The molecule has 2 bridgehead atoms. The first-order valence-corrected chi connectivity index (χ1v) is 8.82. The van der Waals surface area contributed by atoms with E-state index in [9.17, 15) is 18.0 Å². The first-order chi connectivity index (χ1) is 12.3. The van der Waals surface area contributed by atoms with Crippen molar-refractivity contribution in [3.05, 3.63) is 52.8 Å². The van der Waals surface area contributed by atoms with Crippen LogP contribution < -0.4 is 5.32 Å². The van der Waals surface area contributed by atoms with E-state index in [0.717, 1.165) is 54.6 Å². The lowest BCUT2D eigenvalue weighted by molar-refractivity contribution is -0.137. The number of nitrogens with one attached hydrogen (secondary N) is 1. The number of aromatic nitrogens is 1. The zero-order valence-electron chi connectivity index (χ0n) is 14.4. The van der Waals surface area contributed by atoms with Crippen LogP contribution in [0.5, 0.6) is 0 Å². The van der Waals surface area contributed by atoms with Crippen LogP contribution in [-0.4, -0.2) is 10.8 Å². The Morgan fingerprint density at radius 2 is 1.77 bits per heavy atom. The van der Waals surface area contributed by atoms with Gasteiger partial charge in [0.1, 0.15) is 5.69 Å². The molecule has 0 atom stereocenters. The Morgan fingerprint density at radius 3 is 2.38 bits per heavy atom. The number of fused-ring (bicyclic) bond motifs is 2. The summed E-state index contributed by atoms with van der Waals surface area (Å²) >= 11 is 0. The van der Waals surface area contributed by atoms with Crippen molar-refractivity contribution in [2.24, 2.45) is 0 Å². The highest BCUT2D eigenvalue weighted by molar-refractivity contribution is 5.95. The molecule has 0 saturated heterocycles. The van der Waals surface area contributed by atoms with Gasteiger partial charge in [-0.15, -0.1) is 0 Å². The van der Waals surface area contributed by atoms with Gasteiger partial charge in [-0.25, -0.2) is 0 Å². The monoisotopic (exact) mass is 360 g/mol. The molecule has 0 amide bonds. The summed E-state index contributed by atoms with van der Waals surface area (Å²) in [6.45, 7) is 1.52. The van der Waals surface area contributed by atoms with Crippen LogP contribution in [0, 0.1) is 0 Å². The molecule has 136 valence electrons. The lowest BCUT2D eigenvalue weighted by Crippen LogP contribution is -2.26. The average Bonchev–Trinajstić information content (AvgIpc) is 2.62. The van der Waals surface area contributed by atoms with Crippen molar-refractivity contribution < 1.29 is 18.0 Å². The fraction of sp³-hybridized carbons (Fsp3) is 0.400. The van der Waals surface area contributed by atoms with Gasteiger partial charge < -0.3 is 5.32 Å². The Bertz CT molecular complexity index is 868. The van der Waals surface area contributed by atoms with Crippen molar-refractivity contribution in [3.8, 4) is 0 Å². The highest BCUT2D eigenvalue weighted by Gasteiger charge is 2.38. The number of rotatable bonds is 3. The number of Topliss-reactive ketones (excluding diaryl/α,β-unsaturated/α-hetero) is 1. The van der Waals surface area contributed by atoms with Crippen molar-refractivity contribution in [2.75, 3.05) is 5.32 Å². The summed E-state index contributed by atoms with van der Waals surface area (Å²) in [7, 11) is 0. The second-order valence-electron chi connectivity index (χ2n) is 7.16. The predicted molar refractivity (Wildman–Crippen MR) is 92.9 cm³/mol. The molecule has 1 N–H and O–H groups in total. The predicted octanol–water partition coefficient (Wildman–Crippen LogP) is 5.80. The zero-order valence-corrected chi connectivity index (χ0v) is 14.4. The van der Waals surface area contributed by atoms with Crippen LogP contribution in [0.25, 0.3) is 0 Å². The summed E-state index contributed by atoms with van der Waals surface area (Å²) in [4.78, 5) is 16.4. The number of alkyl halides is 3. The number of halogens is 3. The first-order valence-electron chi connectivity index (χ1n) is 8.82. The Balaban J connectivity index is 1.77. The number of anilines is 2. The molecule has 1 aromatic carbocycles. The molecule has 2 aromatic rings. The van der Waals surface area contributed by atoms with Crippen molar-refractivity contribution in [1.82, 2.24) is 4.98 Å². The third kappa shape index (κ3) is 2.87. The summed E-state index contributed by atoms with van der Waals surface area (Å²) < 4.78 is 38.9. The lowest BCUT2D eigenvalue weighted by Gasteiger charge is -2.40. The molecule has 0 aliphatic heterocycles. The fourth-order valence-electron chi connectivity index (χ4n) is 4.37. The van der Waals surface area contributed by atoms with Crippen LogP contribution in [-0.2, 0) is 6.18 Å². The van der Waals surface area contributed by atoms with Crippen LogP contribution >= 0.6 is 0 Å². The summed E-state index contributed by atoms with van der Waals surface area (Å²) in [5.41, 5.74) is 3.01. The number of pyridine rings is 1. The highest BCUT2D eigenvalue weighted by atomic mass is 19.4. The van der Waals surface area contributed by atoms with Crippen LogP contribution in [0.1, 0.15) is 71.6 Å². The molecule has 3 aliphatic carbocycles. The minimum Gasteiger partial charge on any atom is -0.354 e. The number of benzene rings is 1. The molecule has 0 unspecified atom stereocenters. The maximum Gasteiger partial charge on any atom is 0.416 e. The van der Waals surface area contributed by atoms with Gasteiger partial charge in [0.05, 0.1) is 17.4 Å². The molecule has 0 spiro atoms. The molecular formula is C20H19F3N2O. The molecule has 1 heterocycles. The van der Waals surface area contributed by atoms with E-state index < -0.39 is 11.7 Å². The quantitative estimate of drug-likeness (QED) is 0.703. The molecule has 1 saturated carbocycles. The van der Waals surface area contributed by atoms with Gasteiger partial charge in [0.2, 0.25) is 0 Å². The Labute approximate surface area is 149 Å². The van der Waals surface area contributed by atoms with Gasteiger partial charge in [0, 0.05) is 12.6 Å². The van der Waals surface area contributed by atoms with Crippen molar-refractivity contribution in [2.45, 2.75) is 50.6 Å². The molecule has 1 aromatic heterocycles. The third-order valence-corrected chi connectivity index (χ3v) is 5.50. The highest BCUT2D eigenvalue weighted by Crippen LogP contribution is 2.52. The first kappa shape index (κ1) is 17.1. The van der Waals surface area contributed by atoms with E-state index in [2.05, 4.69) is 10.3 Å². The van der Waals surface area contributed by atoms with Gasteiger partial charge >= 0.3 is 6.18 Å². The lowest BCUT2D eigenvalue weighted by atomic mass is 9.66. The molecule has 26 heavy (non-hydrogen) atoms. The number of nitrogens with zero attached hydrogens (tertiary/aromatic N) is 1. The van der Waals surface area contributed by atoms with Crippen molar-refractivity contribution in [3.63, 3.8) is 0 Å². The minimum atomic E-state index is -4.38. The maximum atomic E-state index is 13.0. The van der Waals surface area contributed by atoms with E-state index in [-0.39, 0.29) is 5.78 Å². The van der Waals surface area contributed by atoms with E-state index in [0.29, 0.717) is 23.2 Å². The Hall–Kier alpha value is -2.37. The fourth-order valence-corrected chi connectivity index (χ4v) is 4.37. The molecular weight excluding hydrogens is 341 g/mol. The van der Waals surface area contributed by atoms with Crippen LogP contribution in [0.3, 0.4) is 0 Å². The van der Waals surface area contributed by atoms with E-state index >= 15 is 0 Å². The SMILES string of the molecule is CC(=O)c1ncc(Nc2cccc(C(F)(F)F)c2)c2c1C1CCC2CC1. The average molecular weight is 360 g/mol. The van der Waals surface area contributed by atoms with Gasteiger partial charge in [-0.2, -0.15) is 13.2 Å². The topological polar surface area (TPSA) is 42.0 Å². The van der Waals surface area contributed by atoms with Gasteiger partial charge in [0.15, 0.2) is 5.78 Å². The smallest absolute Gasteiger partial charge is 0.354 e. The number of hydrogen-bond donors (Lipinski definition) is 1. The Kier molecular flexibility index (Phi) is 4.01. The molecule has 3 aliphatic rings. The molecule has 3 nitrogen and oxygen atoms in total. The van der Waals surface area contributed by atoms with E-state index in [1.54, 1.807) is 12.3 Å². The van der Waals surface area contributed by atoms with E-state index in [1.165, 1.54) is 13.0 Å². The van der Waals surface area contributed by atoms with Crippen LogP contribution in [0.2, 0.25) is 0 Å². The van der Waals surface area contributed by atoms with Crippen molar-refractivity contribution >= 4 is 17.2 Å². The summed E-state index contributed by atoms with van der Waals surface area (Å²) in [6.07, 6.45) is 1.41. The molecule has 6 heteroatoms. The third-order valence-electron chi connectivity index (χ3n) is 5.50. The van der Waals surface area contributed by atoms with Crippen LogP contribution in [0.15, 0.2) is 30.5 Å². The normalized spacial score (nSPS) is 21.4. The Morgan fingerprint density at radius 1 is 1.12 bits per heavy atom. The number of carbonyl (C=O) groups excluding carboxylic acids is 1. The molecule has 1 fully saturated rings. The second kappa shape index (κ2) is 6.11. The van der Waals surface area contributed by atoms with Gasteiger partial charge in [-0.1, -0.05) is 6.07 Å². The zero-order chi connectivity index (χ0) is 18.5. The number of hydrogen-bond acceptors (Lipinski definition) is 3. The maximum absolute atomic E-state index is 13.0. The number of carbonyl (C=O) groups is 1. The van der Waals surface area contributed by atoms with E-state index in [4.69, 9.17) is 0 Å². The van der Waals surface area contributed by atoms with Crippen molar-refractivity contribution in [1.29, 1.82) is 0 Å². The van der Waals surface area contributed by atoms with Gasteiger partial charge in [-0.05, 0) is 66.8 Å². The molecule has 0 radical (unpaired) electrons. The number of ketones is 1. The minimum absolute atomic E-state index is 0.0561. The summed E-state index contributed by atoms with van der Waals surface area (Å²) in [5.74, 6) is 0.605. The standard InChI is InChI=1S/C20H19F3N2O/c1-11(26)19-18-13-7-5-12(6-8-13)17(18)16(10-24-19)25-15-4-2-3-14(9-15)20(21,22)23/h2-4,9-10,12-13,25H,5-8H2,1H3. The van der Waals surface area contributed by atoms with E-state index in [1.807, 2.05) is 0 Å². The van der Waals surface area contributed by atoms with Crippen LogP contribution in [0.4, 0.5) is 24.5 Å². The summed E-state index contributed by atoms with van der Waals surface area (Å²) in [5, 5.41) is 3.12. The van der Waals surface area contributed by atoms with Gasteiger partial charge in [0.25, 0.3) is 0 Å². The van der Waals surface area contributed by atoms with Gasteiger partial charge in [-0.3, -0.25) is 9.78 Å². The second-order valence-corrected chi connectivity index (χ2v) is 7.16. The summed E-state index contributed by atoms with van der Waals surface area (Å²) in [6, 6.07) is 5.16.